The zero-order valence-corrected chi connectivity index (χ0v) is 16.8. The maximum Gasteiger partial charge on any atom is 0.261 e. The smallest absolute Gasteiger partial charge is 0.261 e. The monoisotopic (exact) mass is 408 g/mol. The van der Waals surface area contributed by atoms with Gasteiger partial charge in [-0.05, 0) is 35.4 Å². The summed E-state index contributed by atoms with van der Waals surface area (Å²) in [6.45, 7) is 2.25. The van der Waals surface area contributed by atoms with Crippen LogP contribution in [0.3, 0.4) is 0 Å². The molecule has 2 aromatic rings. The molecule has 156 valence electrons. The summed E-state index contributed by atoms with van der Waals surface area (Å²) < 4.78 is 11.4. The minimum Gasteiger partial charge on any atom is -0.494 e. The van der Waals surface area contributed by atoms with E-state index in [-0.39, 0.29) is 31.6 Å². The average Bonchev–Trinajstić information content (AvgIpc) is 3.13. The van der Waals surface area contributed by atoms with Crippen LogP contribution in [0.1, 0.15) is 30.0 Å². The Labute approximate surface area is 174 Å². The van der Waals surface area contributed by atoms with E-state index >= 15 is 0 Å². The average molecular weight is 408 g/mol. The minimum atomic E-state index is -1.15. The van der Waals surface area contributed by atoms with Crippen LogP contribution in [-0.4, -0.2) is 53.1 Å². The Balaban J connectivity index is 1.63. The molecule has 0 saturated carbocycles. The number of fused-ring (bicyclic) bond motifs is 1. The zero-order valence-electron chi connectivity index (χ0n) is 16.8. The predicted octanol–water partition coefficient (Wildman–Crippen LogP) is 2.09. The number of nitrogens with zero attached hydrogens (tertiary/aromatic N) is 2. The summed E-state index contributed by atoms with van der Waals surface area (Å²) in [6, 6.07) is 15.0. The zero-order chi connectivity index (χ0) is 21.1. The molecule has 1 atom stereocenters. The molecule has 30 heavy (non-hydrogen) atoms. The first-order valence-corrected chi connectivity index (χ1v) is 9.98. The highest BCUT2D eigenvalue weighted by atomic mass is 16.5. The highest BCUT2D eigenvalue weighted by molar-refractivity contribution is 6.04. The molecule has 2 aromatic carbocycles. The third-order valence-electron chi connectivity index (χ3n) is 5.39. The fourth-order valence-corrected chi connectivity index (χ4v) is 3.77. The number of hydrogen-bond donors (Lipinski definition) is 1. The van der Waals surface area contributed by atoms with Crippen molar-refractivity contribution >= 4 is 17.7 Å². The number of ether oxygens (including phenoxy) is 2. The van der Waals surface area contributed by atoms with Crippen LogP contribution in [0.15, 0.2) is 53.5 Å². The number of benzene rings is 2. The maximum absolute atomic E-state index is 13.3. The Morgan fingerprint density at radius 3 is 2.63 bits per heavy atom. The lowest BCUT2D eigenvalue weighted by atomic mass is 9.91. The molecule has 0 aliphatic carbocycles. The highest BCUT2D eigenvalue weighted by Gasteiger charge is 2.49. The molecule has 1 spiro atoms. The Morgan fingerprint density at radius 1 is 1.20 bits per heavy atom. The van der Waals surface area contributed by atoms with E-state index in [0.29, 0.717) is 31.1 Å². The van der Waals surface area contributed by atoms with Crippen molar-refractivity contribution in [3.8, 4) is 5.75 Å². The van der Waals surface area contributed by atoms with Crippen LogP contribution in [0.2, 0.25) is 0 Å². The van der Waals surface area contributed by atoms with Gasteiger partial charge >= 0.3 is 0 Å². The molecule has 2 heterocycles. The van der Waals surface area contributed by atoms with Gasteiger partial charge in [-0.3, -0.25) is 14.5 Å². The number of rotatable bonds is 5. The summed E-state index contributed by atoms with van der Waals surface area (Å²) in [5, 5.41) is 8.84. The molecule has 2 aliphatic rings. The predicted molar refractivity (Wildman–Crippen MR) is 110 cm³/mol. The molecular weight excluding hydrogens is 384 g/mol. The SMILES string of the molecule is CC(=O)N1Cc2ccccc2C[C@@]2(COC(c3ccc(OCCCO)cc3)=N2)C1=O. The molecule has 2 amide bonds. The Morgan fingerprint density at radius 2 is 1.93 bits per heavy atom. The van der Waals surface area contributed by atoms with Gasteiger partial charge in [0.25, 0.3) is 5.91 Å². The van der Waals surface area contributed by atoms with Crippen LogP contribution in [0.5, 0.6) is 5.75 Å². The van der Waals surface area contributed by atoms with E-state index in [4.69, 9.17) is 19.6 Å². The van der Waals surface area contributed by atoms with Gasteiger partial charge in [0.2, 0.25) is 11.8 Å². The Bertz CT molecular complexity index is 985. The standard InChI is InChI=1S/C23H24N2O5/c1-16(27)25-14-19-6-3-2-5-18(19)13-23(22(25)28)15-30-21(24-23)17-7-9-20(10-8-17)29-12-4-11-26/h2-3,5-10,26H,4,11-15H2,1H3/t23-/m1/s1. The quantitative estimate of drug-likeness (QED) is 0.766. The van der Waals surface area contributed by atoms with E-state index < -0.39 is 5.54 Å². The van der Waals surface area contributed by atoms with Gasteiger partial charge in [-0.15, -0.1) is 0 Å². The summed E-state index contributed by atoms with van der Waals surface area (Å²) in [4.78, 5) is 31.5. The second kappa shape index (κ2) is 8.28. The molecule has 2 aliphatic heterocycles. The molecule has 0 fully saturated rings. The molecule has 0 saturated heterocycles. The third-order valence-corrected chi connectivity index (χ3v) is 5.39. The Hall–Kier alpha value is -3.19. The topological polar surface area (TPSA) is 88.4 Å². The first kappa shape index (κ1) is 20.1. The molecule has 7 nitrogen and oxygen atoms in total. The van der Waals surface area contributed by atoms with Gasteiger partial charge in [-0.2, -0.15) is 0 Å². The first-order chi connectivity index (χ1) is 14.5. The van der Waals surface area contributed by atoms with Crippen LogP contribution < -0.4 is 4.74 Å². The van der Waals surface area contributed by atoms with Crippen LogP contribution in [0.25, 0.3) is 0 Å². The van der Waals surface area contributed by atoms with E-state index in [1.165, 1.54) is 11.8 Å². The maximum atomic E-state index is 13.3. The van der Waals surface area contributed by atoms with Gasteiger partial charge in [-0.1, -0.05) is 24.3 Å². The number of aliphatic hydroxyl groups excluding tert-OH is 1. The van der Waals surface area contributed by atoms with E-state index in [1.54, 1.807) is 12.1 Å². The van der Waals surface area contributed by atoms with Crippen molar-refractivity contribution in [2.45, 2.75) is 31.8 Å². The molecule has 0 aromatic heterocycles. The number of aliphatic hydroxyl groups is 1. The minimum absolute atomic E-state index is 0.0826. The summed E-state index contributed by atoms with van der Waals surface area (Å²) in [6.07, 6.45) is 0.952. The van der Waals surface area contributed by atoms with Gasteiger partial charge in [0.1, 0.15) is 12.4 Å². The molecular formula is C23H24N2O5. The first-order valence-electron chi connectivity index (χ1n) is 9.98. The second-order valence-electron chi connectivity index (χ2n) is 7.54. The van der Waals surface area contributed by atoms with Crippen molar-refractivity contribution in [3.05, 3.63) is 65.2 Å². The van der Waals surface area contributed by atoms with Crippen molar-refractivity contribution in [2.75, 3.05) is 19.8 Å². The normalized spacial score (nSPS) is 20.4. The number of carbonyl (C=O) groups is 2. The summed E-state index contributed by atoms with van der Waals surface area (Å²) in [5.74, 6) is 0.435. The van der Waals surface area contributed by atoms with E-state index in [9.17, 15) is 9.59 Å². The van der Waals surface area contributed by atoms with E-state index in [2.05, 4.69) is 0 Å². The lowest BCUT2D eigenvalue weighted by Crippen LogP contribution is -2.50. The van der Waals surface area contributed by atoms with Gasteiger partial charge in [0.05, 0.1) is 13.2 Å². The van der Waals surface area contributed by atoms with E-state index in [0.717, 1.165) is 16.7 Å². The highest BCUT2D eigenvalue weighted by Crippen LogP contribution is 2.33. The van der Waals surface area contributed by atoms with Gasteiger partial charge in [-0.25, -0.2) is 4.99 Å². The summed E-state index contributed by atoms with van der Waals surface area (Å²) in [5.41, 5.74) is 1.53. The van der Waals surface area contributed by atoms with Crippen LogP contribution in [0.4, 0.5) is 0 Å². The number of carbonyl (C=O) groups excluding carboxylic acids is 2. The molecule has 0 radical (unpaired) electrons. The van der Waals surface area contributed by atoms with Crippen LogP contribution in [-0.2, 0) is 27.3 Å². The lowest BCUT2D eigenvalue weighted by Gasteiger charge is -2.25. The van der Waals surface area contributed by atoms with Crippen molar-refractivity contribution in [1.82, 2.24) is 4.90 Å². The second-order valence-corrected chi connectivity index (χ2v) is 7.54. The van der Waals surface area contributed by atoms with Crippen molar-refractivity contribution < 1.29 is 24.2 Å². The Kier molecular flexibility index (Phi) is 5.55. The summed E-state index contributed by atoms with van der Waals surface area (Å²) >= 11 is 0. The number of imide groups is 1. The fourth-order valence-electron chi connectivity index (χ4n) is 3.77. The van der Waals surface area contributed by atoms with Crippen LogP contribution in [0, 0.1) is 0 Å². The van der Waals surface area contributed by atoms with Gasteiger partial charge in [0.15, 0.2) is 5.54 Å². The van der Waals surface area contributed by atoms with Crippen molar-refractivity contribution in [3.63, 3.8) is 0 Å². The van der Waals surface area contributed by atoms with Crippen molar-refractivity contribution in [2.24, 2.45) is 4.99 Å². The molecule has 7 heteroatoms. The largest absolute Gasteiger partial charge is 0.494 e. The van der Waals surface area contributed by atoms with E-state index in [1.807, 2.05) is 36.4 Å². The van der Waals surface area contributed by atoms with Gasteiger partial charge in [0, 0.05) is 31.9 Å². The summed E-state index contributed by atoms with van der Waals surface area (Å²) in [7, 11) is 0. The molecule has 0 bridgehead atoms. The molecule has 4 rings (SSSR count). The van der Waals surface area contributed by atoms with Gasteiger partial charge < -0.3 is 14.6 Å². The number of aliphatic imine (C=N–C) groups is 1. The van der Waals surface area contributed by atoms with Crippen molar-refractivity contribution in [1.29, 1.82) is 0 Å². The number of hydrogen-bond acceptors (Lipinski definition) is 6. The fraction of sp³-hybridized carbons (Fsp3) is 0.348. The number of amides is 2. The molecule has 0 unspecified atom stereocenters. The lowest BCUT2D eigenvalue weighted by molar-refractivity contribution is -0.147. The van der Waals surface area contributed by atoms with Crippen LogP contribution >= 0.6 is 0 Å². The third kappa shape index (κ3) is 3.80. The molecule has 1 N–H and O–H groups in total.